The fraction of sp³-hybridized carbons (Fsp3) is 0.929. The fourth-order valence-corrected chi connectivity index (χ4v) is 2.12. The molecule has 0 aromatic carbocycles. The van der Waals surface area contributed by atoms with Gasteiger partial charge in [0.05, 0.1) is 0 Å². The molecule has 3 heteroatoms. The number of guanidine groups is 1. The van der Waals surface area contributed by atoms with E-state index in [1.165, 1.54) is 32.1 Å². The van der Waals surface area contributed by atoms with Crippen molar-refractivity contribution < 1.29 is 0 Å². The first-order valence-corrected chi connectivity index (χ1v) is 6.91. The molecule has 0 heterocycles. The Labute approximate surface area is 108 Å². The van der Waals surface area contributed by atoms with Gasteiger partial charge >= 0.3 is 0 Å². The number of rotatable bonds is 7. The molecule has 0 aromatic rings. The summed E-state index contributed by atoms with van der Waals surface area (Å²) in [6, 6.07) is 0. The zero-order valence-corrected chi connectivity index (χ0v) is 12.7. The quantitative estimate of drug-likeness (QED) is 0.504. The van der Waals surface area contributed by atoms with Gasteiger partial charge in [0, 0.05) is 34.7 Å². The van der Waals surface area contributed by atoms with Gasteiger partial charge in [0.15, 0.2) is 5.96 Å². The average Bonchev–Trinajstić information content (AvgIpc) is 2.24. The third-order valence-electron chi connectivity index (χ3n) is 2.95. The molecule has 0 bridgehead atoms. The van der Waals surface area contributed by atoms with Crippen molar-refractivity contribution in [2.24, 2.45) is 10.9 Å². The number of unbranched alkanes of at least 4 members (excludes halogenated alkanes) is 1. The van der Waals surface area contributed by atoms with Gasteiger partial charge in [0.25, 0.3) is 0 Å². The van der Waals surface area contributed by atoms with Gasteiger partial charge in [0.1, 0.15) is 0 Å². The number of nitrogens with zero attached hydrogens (tertiary/aromatic N) is 3. The fourth-order valence-electron chi connectivity index (χ4n) is 2.12. The Bertz CT molecular complexity index is 200. The Morgan fingerprint density at radius 1 is 0.941 bits per heavy atom. The highest BCUT2D eigenvalue weighted by Gasteiger charge is 2.09. The van der Waals surface area contributed by atoms with Gasteiger partial charge in [-0.2, -0.15) is 0 Å². The van der Waals surface area contributed by atoms with Crippen LogP contribution in [-0.2, 0) is 0 Å². The second-order valence-corrected chi connectivity index (χ2v) is 5.23. The lowest BCUT2D eigenvalue weighted by atomic mass is 9.97. The van der Waals surface area contributed by atoms with E-state index in [1.807, 2.05) is 0 Å². The van der Waals surface area contributed by atoms with Gasteiger partial charge in [0.2, 0.25) is 0 Å². The maximum atomic E-state index is 4.76. The van der Waals surface area contributed by atoms with E-state index < -0.39 is 0 Å². The molecule has 0 aliphatic heterocycles. The number of aliphatic imine (C=N–C) groups is 1. The van der Waals surface area contributed by atoms with Gasteiger partial charge in [-0.3, -0.25) is 4.99 Å². The van der Waals surface area contributed by atoms with E-state index in [9.17, 15) is 0 Å². The molecule has 0 saturated carbocycles. The van der Waals surface area contributed by atoms with E-state index >= 15 is 0 Å². The molecule has 3 nitrogen and oxygen atoms in total. The third kappa shape index (κ3) is 7.24. The molecule has 0 aliphatic rings. The van der Waals surface area contributed by atoms with Crippen LogP contribution in [0.1, 0.15) is 46.0 Å². The lowest BCUT2D eigenvalue weighted by molar-refractivity contribution is 0.425. The molecule has 0 aliphatic carbocycles. The van der Waals surface area contributed by atoms with Crippen LogP contribution in [0.15, 0.2) is 4.99 Å². The van der Waals surface area contributed by atoms with Crippen molar-refractivity contribution >= 4 is 5.96 Å². The van der Waals surface area contributed by atoms with E-state index in [0.717, 1.165) is 18.4 Å². The van der Waals surface area contributed by atoms with Crippen LogP contribution in [0.4, 0.5) is 0 Å². The summed E-state index contributed by atoms with van der Waals surface area (Å²) in [6.45, 7) is 5.50. The first-order chi connectivity index (χ1) is 8.02. The highest BCUT2D eigenvalue weighted by atomic mass is 15.3. The SMILES string of the molecule is CCCCC(CCC)CN=C(N(C)C)N(C)C. The van der Waals surface area contributed by atoms with Crippen LogP contribution in [-0.4, -0.2) is 50.5 Å². The zero-order valence-electron chi connectivity index (χ0n) is 12.7. The maximum absolute atomic E-state index is 4.76. The molecular weight excluding hydrogens is 210 g/mol. The van der Waals surface area contributed by atoms with Gasteiger partial charge in [-0.15, -0.1) is 0 Å². The van der Waals surface area contributed by atoms with Crippen molar-refractivity contribution in [1.82, 2.24) is 9.80 Å². The standard InChI is InChI=1S/C14H31N3/c1-7-9-11-13(10-8-2)12-15-14(16(3)4)17(5)6/h13H,7-12H2,1-6H3. The van der Waals surface area contributed by atoms with E-state index in [-0.39, 0.29) is 0 Å². The summed E-state index contributed by atoms with van der Waals surface area (Å²) in [5, 5.41) is 0. The van der Waals surface area contributed by atoms with Crippen molar-refractivity contribution in [2.75, 3.05) is 34.7 Å². The highest BCUT2D eigenvalue weighted by Crippen LogP contribution is 2.15. The second-order valence-electron chi connectivity index (χ2n) is 5.23. The third-order valence-corrected chi connectivity index (χ3v) is 2.95. The highest BCUT2D eigenvalue weighted by molar-refractivity contribution is 5.79. The van der Waals surface area contributed by atoms with E-state index in [0.29, 0.717) is 0 Å². The monoisotopic (exact) mass is 241 g/mol. The van der Waals surface area contributed by atoms with Gasteiger partial charge in [-0.1, -0.05) is 33.1 Å². The van der Waals surface area contributed by atoms with E-state index in [1.54, 1.807) is 0 Å². The molecule has 0 saturated heterocycles. The lowest BCUT2D eigenvalue weighted by Crippen LogP contribution is -2.35. The van der Waals surface area contributed by atoms with Gasteiger partial charge in [-0.05, 0) is 18.8 Å². The maximum Gasteiger partial charge on any atom is 0.195 e. The predicted octanol–water partition coefficient (Wildman–Crippen LogP) is 3.07. The molecule has 0 rings (SSSR count). The second kappa shape index (κ2) is 9.32. The van der Waals surface area contributed by atoms with Crippen LogP contribution in [0.3, 0.4) is 0 Å². The minimum absolute atomic E-state index is 0.759. The van der Waals surface area contributed by atoms with Crippen LogP contribution >= 0.6 is 0 Å². The molecule has 17 heavy (non-hydrogen) atoms. The summed E-state index contributed by atoms with van der Waals surface area (Å²) in [5.41, 5.74) is 0. The topological polar surface area (TPSA) is 18.8 Å². The first-order valence-electron chi connectivity index (χ1n) is 6.91. The van der Waals surface area contributed by atoms with Crippen LogP contribution in [0.25, 0.3) is 0 Å². The Balaban J connectivity index is 4.35. The molecule has 0 fully saturated rings. The van der Waals surface area contributed by atoms with Crippen molar-refractivity contribution in [3.05, 3.63) is 0 Å². The summed E-state index contributed by atoms with van der Waals surface area (Å²) in [6.07, 6.45) is 6.51. The summed E-state index contributed by atoms with van der Waals surface area (Å²) in [7, 11) is 8.22. The number of hydrogen-bond acceptors (Lipinski definition) is 1. The Hall–Kier alpha value is -0.730. The molecule has 1 unspecified atom stereocenters. The molecule has 0 spiro atoms. The summed E-state index contributed by atoms with van der Waals surface area (Å²) in [4.78, 5) is 8.94. The summed E-state index contributed by atoms with van der Waals surface area (Å²) < 4.78 is 0. The van der Waals surface area contributed by atoms with Crippen LogP contribution < -0.4 is 0 Å². The average molecular weight is 241 g/mol. The number of hydrogen-bond donors (Lipinski definition) is 0. The first kappa shape index (κ1) is 16.3. The molecule has 0 amide bonds. The normalized spacial score (nSPS) is 12.1. The summed E-state index contributed by atoms with van der Waals surface area (Å²) in [5.74, 6) is 1.83. The summed E-state index contributed by atoms with van der Waals surface area (Å²) >= 11 is 0. The van der Waals surface area contributed by atoms with E-state index in [4.69, 9.17) is 4.99 Å². The Morgan fingerprint density at radius 3 is 1.94 bits per heavy atom. The van der Waals surface area contributed by atoms with Gasteiger partial charge in [-0.25, -0.2) is 0 Å². The molecule has 1 atom stereocenters. The van der Waals surface area contributed by atoms with Crippen LogP contribution in [0, 0.1) is 5.92 Å². The van der Waals surface area contributed by atoms with E-state index in [2.05, 4.69) is 51.8 Å². The smallest absolute Gasteiger partial charge is 0.195 e. The predicted molar refractivity (Wildman–Crippen MR) is 77.6 cm³/mol. The Morgan fingerprint density at radius 2 is 1.53 bits per heavy atom. The molecule has 0 N–H and O–H groups in total. The van der Waals surface area contributed by atoms with Crippen molar-refractivity contribution in [3.63, 3.8) is 0 Å². The lowest BCUT2D eigenvalue weighted by Gasteiger charge is -2.24. The largest absolute Gasteiger partial charge is 0.349 e. The van der Waals surface area contributed by atoms with Crippen LogP contribution in [0.2, 0.25) is 0 Å². The van der Waals surface area contributed by atoms with Gasteiger partial charge < -0.3 is 9.80 Å². The molecular formula is C14H31N3. The molecule has 0 aromatic heterocycles. The van der Waals surface area contributed by atoms with Crippen molar-refractivity contribution in [2.45, 2.75) is 46.0 Å². The van der Waals surface area contributed by atoms with Crippen molar-refractivity contribution in [3.8, 4) is 0 Å². The van der Waals surface area contributed by atoms with Crippen LogP contribution in [0.5, 0.6) is 0 Å². The minimum atomic E-state index is 0.759. The Kier molecular flexibility index (Phi) is 8.92. The zero-order chi connectivity index (χ0) is 13.3. The van der Waals surface area contributed by atoms with Crippen molar-refractivity contribution in [1.29, 1.82) is 0 Å². The minimum Gasteiger partial charge on any atom is -0.349 e. The molecule has 102 valence electrons. The molecule has 0 radical (unpaired) electrons.